The summed E-state index contributed by atoms with van der Waals surface area (Å²) in [5, 5.41) is 9.89. The molecule has 1 aliphatic heterocycles. The Morgan fingerprint density at radius 2 is 1.89 bits per heavy atom. The lowest BCUT2D eigenvalue weighted by atomic mass is 9.99. The number of amides is 2. The molecule has 1 N–H and O–H groups in total. The van der Waals surface area contributed by atoms with E-state index in [1.807, 2.05) is 57.2 Å². The van der Waals surface area contributed by atoms with E-state index in [0.29, 0.717) is 18.7 Å². The molecule has 0 aliphatic carbocycles. The van der Waals surface area contributed by atoms with Crippen molar-refractivity contribution in [2.75, 3.05) is 26.7 Å². The number of likely N-dealkylation sites (N-methyl/N-ethyl adjacent to an activating group) is 1. The number of nitrogens with zero attached hydrogens (tertiary/aromatic N) is 4. The first-order valence-corrected chi connectivity index (χ1v) is 12.5. The second-order valence-electron chi connectivity index (χ2n) is 9.87. The van der Waals surface area contributed by atoms with Crippen LogP contribution in [0.1, 0.15) is 35.3 Å². The van der Waals surface area contributed by atoms with Crippen LogP contribution in [-0.2, 0) is 11.2 Å². The minimum Gasteiger partial charge on any atom is -0.472 e. The van der Waals surface area contributed by atoms with Gasteiger partial charge in [-0.25, -0.2) is 4.98 Å². The van der Waals surface area contributed by atoms with Gasteiger partial charge >= 0.3 is 0 Å². The molecular weight excluding hydrogens is 468 g/mol. The highest BCUT2D eigenvalue weighted by Crippen LogP contribution is 2.30. The van der Waals surface area contributed by atoms with Gasteiger partial charge in [0.2, 0.25) is 11.8 Å². The quantitative estimate of drug-likeness (QED) is 0.532. The first-order chi connectivity index (χ1) is 17.8. The van der Waals surface area contributed by atoms with Crippen LogP contribution in [0.3, 0.4) is 0 Å². The molecule has 0 radical (unpaired) electrons. The summed E-state index contributed by atoms with van der Waals surface area (Å²) < 4.78 is 6.34. The van der Waals surface area contributed by atoms with Crippen LogP contribution in [0.5, 0.6) is 5.88 Å². The summed E-state index contributed by atoms with van der Waals surface area (Å²) in [7, 11) is 1.76. The van der Waals surface area contributed by atoms with Crippen molar-refractivity contribution < 1.29 is 19.4 Å². The summed E-state index contributed by atoms with van der Waals surface area (Å²) in [6, 6.07) is 13.1. The second-order valence-corrected chi connectivity index (χ2v) is 9.87. The van der Waals surface area contributed by atoms with Gasteiger partial charge in [-0.15, -0.1) is 0 Å². The van der Waals surface area contributed by atoms with Crippen molar-refractivity contribution in [2.45, 2.75) is 39.3 Å². The number of hydrogen-bond acceptors (Lipinski definition) is 6. The number of ether oxygens (including phenoxy) is 1. The van der Waals surface area contributed by atoms with Crippen molar-refractivity contribution in [2.24, 2.45) is 5.92 Å². The van der Waals surface area contributed by atoms with E-state index in [2.05, 4.69) is 9.97 Å². The van der Waals surface area contributed by atoms with Crippen LogP contribution in [0, 0.1) is 12.8 Å². The molecule has 37 heavy (non-hydrogen) atoms. The van der Waals surface area contributed by atoms with Crippen molar-refractivity contribution in [3.8, 4) is 17.0 Å². The van der Waals surface area contributed by atoms with E-state index in [-0.39, 0.29) is 42.7 Å². The number of carbonyl (C=O) groups is 2. The molecule has 2 aromatic heterocycles. The first-order valence-electron chi connectivity index (χ1n) is 12.5. The molecule has 3 aromatic rings. The number of pyridine rings is 2. The van der Waals surface area contributed by atoms with Gasteiger partial charge in [0.05, 0.1) is 25.6 Å². The predicted octanol–water partition coefficient (Wildman–Crippen LogP) is 3.37. The zero-order valence-corrected chi connectivity index (χ0v) is 21.8. The van der Waals surface area contributed by atoms with Crippen LogP contribution < -0.4 is 4.74 Å². The summed E-state index contributed by atoms with van der Waals surface area (Å²) >= 11 is 0. The molecule has 0 spiro atoms. The Balaban J connectivity index is 1.63. The molecule has 0 unspecified atom stereocenters. The van der Waals surface area contributed by atoms with Crippen LogP contribution in [0.4, 0.5) is 0 Å². The van der Waals surface area contributed by atoms with Crippen molar-refractivity contribution >= 4 is 11.8 Å². The molecule has 1 aromatic carbocycles. The average molecular weight is 503 g/mol. The van der Waals surface area contributed by atoms with Gasteiger partial charge in [0, 0.05) is 43.7 Å². The SMILES string of the molecule is Cc1ccc(-c2cnc3c(c2)C(=O)N([C@H](C)CO)C[C@H](C)[C@@H](CN(C)C(=O)Cc2ccncc2)O3)cc1. The Morgan fingerprint density at radius 1 is 1.19 bits per heavy atom. The summed E-state index contributed by atoms with van der Waals surface area (Å²) in [6.45, 7) is 6.39. The van der Waals surface area contributed by atoms with Gasteiger partial charge in [-0.2, -0.15) is 0 Å². The Kier molecular flexibility index (Phi) is 8.18. The number of aliphatic hydroxyl groups excluding tert-OH is 1. The highest BCUT2D eigenvalue weighted by molar-refractivity contribution is 5.98. The molecule has 0 saturated carbocycles. The number of aryl methyl sites for hydroxylation is 1. The Hall–Kier alpha value is -3.78. The number of rotatable bonds is 7. The fourth-order valence-corrected chi connectivity index (χ4v) is 4.41. The van der Waals surface area contributed by atoms with Crippen molar-refractivity contribution in [1.82, 2.24) is 19.8 Å². The standard InChI is InChI=1S/C29H34N4O4/c1-19-5-7-23(8-6-19)24-14-25-28(31-15-24)37-26(20(2)16-33(29(25)36)21(3)18-34)17-32(4)27(35)13-22-9-11-30-12-10-22/h5-12,14-15,20-21,26,34H,13,16-18H2,1-4H3/t20-,21+,26+/m0/s1. The summed E-state index contributed by atoms with van der Waals surface area (Å²) in [5.41, 5.74) is 4.14. The van der Waals surface area contributed by atoms with E-state index in [4.69, 9.17) is 4.74 Å². The minimum atomic E-state index is -0.399. The zero-order valence-electron chi connectivity index (χ0n) is 21.8. The number of fused-ring (bicyclic) bond motifs is 1. The maximum atomic E-state index is 13.6. The van der Waals surface area contributed by atoms with E-state index in [0.717, 1.165) is 22.3 Å². The molecule has 194 valence electrons. The summed E-state index contributed by atoms with van der Waals surface area (Å²) in [5.74, 6) is -0.141. The largest absolute Gasteiger partial charge is 0.472 e. The molecule has 0 bridgehead atoms. The molecule has 3 atom stereocenters. The number of hydrogen-bond donors (Lipinski definition) is 1. The average Bonchev–Trinajstić information content (AvgIpc) is 2.91. The lowest BCUT2D eigenvalue weighted by molar-refractivity contribution is -0.130. The zero-order chi connectivity index (χ0) is 26.5. The van der Waals surface area contributed by atoms with Crippen LogP contribution >= 0.6 is 0 Å². The number of aromatic nitrogens is 2. The monoisotopic (exact) mass is 502 g/mol. The summed E-state index contributed by atoms with van der Waals surface area (Å²) in [6.07, 6.45) is 4.91. The first kappa shape index (κ1) is 26.3. The highest BCUT2D eigenvalue weighted by atomic mass is 16.5. The van der Waals surface area contributed by atoms with Gasteiger partial charge in [0.25, 0.3) is 5.91 Å². The Morgan fingerprint density at radius 3 is 2.57 bits per heavy atom. The van der Waals surface area contributed by atoms with Gasteiger partial charge in [0.15, 0.2) is 0 Å². The highest BCUT2D eigenvalue weighted by Gasteiger charge is 2.34. The molecular formula is C29H34N4O4. The van der Waals surface area contributed by atoms with Crippen LogP contribution in [0.15, 0.2) is 61.1 Å². The lowest BCUT2D eigenvalue weighted by Gasteiger charge is -2.37. The van der Waals surface area contributed by atoms with Gasteiger partial charge in [0.1, 0.15) is 11.7 Å². The number of carbonyl (C=O) groups excluding carboxylic acids is 2. The molecule has 8 nitrogen and oxygen atoms in total. The van der Waals surface area contributed by atoms with E-state index in [1.54, 1.807) is 41.5 Å². The smallest absolute Gasteiger partial charge is 0.259 e. The van der Waals surface area contributed by atoms with Crippen molar-refractivity contribution in [1.29, 1.82) is 0 Å². The van der Waals surface area contributed by atoms with Gasteiger partial charge in [-0.05, 0) is 43.2 Å². The van der Waals surface area contributed by atoms with Crippen LogP contribution in [0.2, 0.25) is 0 Å². The Labute approximate surface area is 217 Å². The fraction of sp³-hybridized carbons (Fsp3) is 0.379. The second kappa shape index (κ2) is 11.5. The third-order valence-electron chi connectivity index (χ3n) is 6.89. The third-order valence-corrected chi connectivity index (χ3v) is 6.89. The van der Waals surface area contributed by atoms with E-state index < -0.39 is 6.10 Å². The minimum absolute atomic E-state index is 0.0383. The molecule has 2 amide bonds. The third kappa shape index (κ3) is 6.14. The molecule has 4 rings (SSSR count). The van der Waals surface area contributed by atoms with E-state index in [1.165, 1.54) is 0 Å². The number of benzene rings is 1. The van der Waals surface area contributed by atoms with Crippen LogP contribution in [0.25, 0.3) is 11.1 Å². The lowest BCUT2D eigenvalue weighted by Crippen LogP contribution is -2.50. The predicted molar refractivity (Wildman–Crippen MR) is 141 cm³/mol. The maximum Gasteiger partial charge on any atom is 0.259 e. The normalized spacial score (nSPS) is 18.3. The van der Waals surface area contributed by atoms with Crippen molar-refractivity contribution in [3.05, 3.63) is 77.7 Å². The Bertz CT molecular complexity index is 1230. The summed E-state index contributed by atoms with van der Waals surface area (Å²) in [4.78, 5) is 38.5. The van der Waals surface area contributed by atoms with Crippen molar-refractivity contribution in [3.63, 3.8) is 0 Å². The van der Waals surface area contributed by atoms with Crippen LogP contribution in [-0.4, -0.2) is 75.6 Å². The van der Waals surface area contributed by atoms with E-state index in [9.17, 15) is 14.7 Å². The molecule has 3 heterocycles. The molecule has 0 saturated heterocycles. The molecule has 0 fully saturated rings. The maximum absolute atomic E-state index is 13.6. The topological polar surface area (TPSA) is 95.9 Å². The molecule has 1 aliphatic rings. The fourth-order valence-electron chi connectivity index (χ4n) is 4.41. The molecule has 8 heteroatoms. The van der Waals surface area contributed by atoms with Gasteiger partial charge in [-0.3, -0.25) is 14.6 Å². The van der Waals surface area contributed by atoms with E-state index >= 15 is 0 Å². The van der Waals surface area contributed by atoms with Gasteiger partial charge in [-0.1, -0.05) is 36.8 Å². The number of aliphatic hydroxyl groups is 1. The van der Waals surface area contributed by atoms with Gasteiger partial charge < -0.3 is 19.6 Å².